The molecule has 4 nitrogen and oxygen atoms in total. The molecule has 0 unspecified atom stereocenters. The molecule has 308 valence electrons. The molecule has 0 amide bonds. The molecule has 5 heteroatoms. The van der Waals surface area contributed by atoms with Gasteiger partial charge in [0.05, 0.1) is 5.56 Å². The van der Waals surface area contributed by atoms with Gasteiger partial charge < -0.3 is 4.42 Å². The Morgan fingerprint density at radius 1 is 0.364 bits per heavy atom. The molecule has 0 aliphatic heterocycles. The van der Waals surface area contributed by atoms with E-state index in [1.54, 1.807) is 11.3 Å². The maximum absolute atomic E-state index is 6.90. The molecule has 3 aromatic heterocycles. The van der Waals surface area contributed by atoms with Crippen molar-refractivity contribution in [3.8, 4) is 67.5 Å². The van der Waals surface area contributed by atoms with Crippen LogP contribution in [0.25, 0.3) is 137 Å². The van der Waals surface area contributed by atoms with Gasteiger partial charge in [-0.25, -0.2) is 15.0 Å². The standard InChI is InChI=1S/C61H37N3OS/c1-2-37-14-8-20-43(34-37)45-22-10-25-50-51-26-13-29-54(58(51)66-57(45)50)61-63-59(52-27-11-23-46-44-21-7-6-17-39(44)30-32-47(46)52)62-60(64-61)53-28-12-24-49-48-33-31-42(36-55(48)65-56(49)53)41-19-9-18-40(35-41)38-15-4-3-5-16-38/h2-36H,1H2. The molecule has 0 atom stereocenters. The van der Waals surface area contributed by atoms with Gasteiger partial charge in [-0.2, -0.15) is 0 Å². The first-order valence-corrected chi connectivity index (χ1v) is 22.9. The van der Waals surface area contributed by atoms with E-state index in [0.717, 1.165) is 76.4 Å². The van der Waals surface area contributed by atoms with Gasteiger partial charge in [0.15, 0.2) is 17.5 Å². The molecule has 3 heterocycles. The number of nitrogens with zero attached hydrogens (tertiary/aromatic N) is 3. The number of para-hydroxylation sites is 1. The highest BCUT2D eigenvalue weighted by molar-refractivity contribution is 7.26. The summed E-state index contributed by atoms with van der Waals surface area (Å²) in [5.74, 6) is 1.76. The van der Waals surface area contributed by atoms with E-state index in [1.165, 1.54) is 42.9 Å². The Hall–Kier alpha value is -8.51. The van der Waals surface area contributed by atoms with Crippen LogP contribution in [-0.4, -0.2) is 15.0 Å². The molecule has 10 aromatic carbocycles. The van der Waals surface area contributed by atoms with Crippen LogP contribution in [0.5, 0.6) is 0 Å². The van der Waals surface area contributed by atoms with Crippen molar-refractivity contribution in [2.45, 2.75) is 0 Å². The Kier molecular flexibility index (Phi) is 8.83. The van der Waals surface area contributed by atoms with Crippen molar-refractivity contribution in [2.24, 2.45) is 0 Å². The van der Waals surface area contributed by atoms with E-state index >= 15 is 0 Å². The average molecular weight is 860 g/mol. The molecule has 0 aliphatic rings. The maximum atomic E-state index is 6.90. The quantitative estimate of drug-likeness (QED) is 0.150. The number of hydrogen-bond acceptors (Lipinski definition) is 5. The third-order valence-electron chi connectivity index (χ3n) is 12.9. The first-order valence-electron chi connectivity index (χ1n) is 22.1. The molecule has 13 aromatic rings. The lowest BCUT2D eigenvalue weighted by molar-refractivity contribution is 0.669. The van der Waals surface area contributed by atoms with Gasteiger partial charge in [0, 0.05) is 42.1 Å². The van der Waals surface area contributed by atoms with Crippen LogP contribution in [0.1, 0.15) is 5.56 Å². The van der Waals surface area contributed by atoms with Crippen molar-refractivity contribution < 1.29 is 4.42 Å². The summed E-state index contributed by atoms with van der Waals surface area (Å²) in [5.41, 5.74) is 12.2. The van der Waals surface area contributed by atoms with Gasteiger partial charge in [0.1, 0.15) is 11.2 Å². The number of furan rings is 1. The van der Waals surface area contributed by atoms with Crippen LogP contribution in [-0.2, 0) is 0 Å². The number of hydrogen-bond donors (Lipinski definition) is 0. The topological polar surface area (TPSA) is 51.8 Å². The van der Waals surface area contributed by atoms with E-state index in [4.69, 9.17) is 19.4 Å². The molecule has 0 saturated carbocycles. The molecular weight excluding hydrogens is 823 g/mol. The fraction of sp³-hybridized carbons (Fsp3) is 0. The Balaban J connectivity index is 1.02. The van der Waals surface area contributed by atoms with Crippen LogP contribution >= 0.6 is 11.3 Å². The van der Waals surface area contributed by atoms with Gasteiger partial charge in [-0.05, 0) is 96.9 Å². The van der Waals surface area contributed by atoms with E-state index in [1.807, 2.05) is 12.1 Å². The van der Waals surface area contributed by atoms with Crippen molar-refractivity contribution in [1.29, 1.82) is 0 Å². The largest absolute Gasteiger partial charge is 0.455 e. The normalized spacial score (nSPS) is 11.7. The molecule has 13 rings (SSSR count). The van der Waals surface area contributed by atoms with Gasteiger partial charge in [-0.3, -0.25) is 0 Å². The summed E-state index contributed by atoms with van der Waals surface area (Å²) in [4.78, 5) is 16.1. The number of benzene rings is 10. The summed E-state index contributed by atoms with van der Waals surface area (Å²) in [7, 11) is 0. The van der Waals surface area contributed by atoms with Crippen LogP contribution in [0.3, 0.4) is 0 Å². The second-order valence-corrected chi connectivity index (χ2v) is 17.8. The molecule has 0 fully saturated rings. The van der Waals surface area contributed by atoms with Crippen LogP contribution in [0, 0.1) is 0 Å². The van der Waals surface area contributed by atoms with Crippen LogP contribution < -0.4 is 0 Å². The molecule has 0 N–H and O–H groups in total. The molecular formula is C61H37N3OS. The molecule has 0 spiro atoms. The van der Waals surface area contributed by atoms with Crippen LogP contribution in [0.2, 0.25) is 0 Å². The monoisotopic (exact) mass is 859 g/mol. The second kappa shape index (κ2) is 15.3. The van der Waals surface area contributed by atoms with Crippen molar-refractivity contribution in [3.05, 3.63) is 218 Å². The van der Waals surface area contributed by atoms with E-state index in [-0.39, 0.29) is 0 Å². The lowest BCUT2D eigenvalue weighted by Crippen LogP contribution is -2.01. The summed E-state index contributed by atoms with van der Waals surface area (Å²) in [6.07, 6.45) is 1.90. The van der Waals surface area contributed by atoms with E-state index in [0.29, 0.717) is 17.5 Å². The third kappa shape index (κ3) is 6.24. The van der Waals surface area contributed by atoms with E-state index in [9.17, 15) is 0 Å². The summed E-state index contributed by atoms with van der Waals surface area (Å²) in [6.45, 7) is 4.03. The Morgan fingerprint density at radius 3 is 1.74 bits per heavy atom. The predicted molar refractivity (Wildman–Crippen MR) is 278 cm³/mol. The minimum Gasteiger partial charge on any atom is -0.455 e. The second-order valence-electron chi connectivity index (χ2n) is 16.7. The van der Waals surface area contributed by atoms with Crippen molar-refractivity contribution in [3.63, 3.8) is 0 Å². The average Bonchev–Trinajstić information content (AvgIpc) is 3.97. The molecule has 0 saturated heterocycles. The zero-order chi connectivity index (χ0) is 43.7. The van der Waals surface area contributed by atoms with Gasteiger partial charge in [-0.15, -0.1) is 11.3 Å². The Morgan fingerprint density at radius 2 is 0.924 bits per heavy atom. The number of rotatable bonds is 7. The third-order valence-corrected chi connectivity index (χ3v) is 14.2. The number of thiophene rings is 1. The minimum absolute atomic E-state index is 0.549. The Labute approximate surface area is 384 Å². The molecule has 0 aliphatic carbocycles. The zero-order valence-electron chi connectivity index (χ0n) is 35.6. The lowest BCUT2D eigenvalue weighted by Gasteiger charge is -2.12. The highest BCUT2D eigenvalue weighted by Gasteiger charge is 2.22. The van der Waals surface area contributed by atoms with E-state index < -0.39 is 0 Å². The summed E-state index contributed by atoms with van der Waals surface area (Å²) in [5, 5.41) is 9.02. The molecule has 0 radical (unpaired) electrons. The van der Waals surface area contributed by atoms with Crippen molar-refractivity contribution in [2.75, 3.05) is 0 Å². The summed E-state index contributed by atoms with van der Waals surface area (Å²) in [6, 6.07) is 72.9. The first kappa shape index (κ1) is 38.0. The van der Waals surface area contributed by atoms with E-state index in [2.05, 4.69) is 207 Å². The van der Waals surface area contributed by atoms with Crippen LogP contribution in [0.15, 0.2) is 217 Å². The van der Waals surface area contributed by atoms with Crippen LogP contribution in [0.4, 0.5) is 0 Å². The van der Waals surface area contributed by atoms with Crippen molar-refractivity contribution >= 4 is 81.1 Å². The maximum Gasteiger partial charge on any atom is 0.167 e. The van der Waals surface area contributed by atoms with Gasteiger partial charge >= 0.3 is 0 Å². The van der Waals surface area contributed by atoms with Gasteiger partial charge in [-0.1, -0.05) is 183 Å². The fourth-order valence-electron chi connectivity index (χ4n) is 9.69. The van der Waals surface area contributed by atoms with Gasteiger partial charge in [0.25, 0.3) is 0 Å². The minimum atomic E-state index is 0.549. The summed E-state index contributed by atoms with van der Waals surface area (Å²) < 4.78 is 9.24. The highest BCUT2D eigenvalue weighted by Crippen LogP contribution is 2.45. The zero-order valence-corrected chi connectivity index (χ0v) is 36.4. The predicted octanol–water partition coefficient (Wildman–Crippen LogP) is 17.1. The lowest BCUT2D eigenvalue weighted by atomic mass is 9.98. The Bertz CT molecular complexity index is 4090. The summed E-state index contributed by atoms with van der Waals surface area (Å²) >= 11 is 1.79. The highest BCUT2D eigenvalue weighted by atomic mass is 32.1. The fourth-order valence-corrected chi connectivity index (χ4v) is 11.0. The SMILES string of the molecule is C=Cc1cccc(-c2cccc3c2sc2c(-c4nc(-c5cccc6c5ccc5ccccc56)nc(-c5cccc6c5oc5cc(-c7cccc(-c8ccccc8)c7)ccc56)n4)cccc23)c1. The molecule has 66 heavy (non-hydrogen) atoms. The number of fused-ring (bicyclic) bond motifs is 9. The smallest absolute Gasteiger partial charge is 0.167 e. The number of aromatic nitrogens is 3. The van der Waals surface area contributed by atoms with Crippen molar-refractivity contribution in [1.82, 2.24) is 15.0 Å². The molecule has 0 bridgehead atoms. The first-order chi connectivity index (χ1) is 32.6. The van der Waals surface area contributed by atoms with Gasteiger partial charge in [0.2, 0.25) is 0 Å².